The summed E-state index contributed by atoms with van der Waals surface area (Å²) >= 11 is 1.33. The minimum absolute atomic E-state index is 0.467. The van der Waals surface area contributed by atoms with Crippen LogP contribution in [0.25, 0.3) is 22.8 Å². The Morgan fingerprint density at radius 3 is 1.60 bits per heavy atom. The van der Waals surface area contributed by atoms with Gasteiger partial charge in [-0.2, -0.15) is 0 Å². The van der Waals surface area contributed by atoms with Crippen LogP contribution in [0.1, 0.15) is 38.8 Å². The molecule has 0 bridgehead atoms. The Morgan fingerprint density at radius 1 is 0.708 bits per heavy atom. The van der Waals surface area contributed by atoms with Crippen LogP contribution in [0.2, 0.25) is 0 Å². The van der Waals surface area contributed by atoms with Gasteiger partial charge >= 0.3 is 27.2 Å². The van der Waals surface area contributed by atoms with Crippen molar-refractivity contribution < 1.29 is 27.1 Å². The van der Waals surface area contributed by atoms with Crippen molar-refractivity contribution in [1.29, 1.82) is 0 Å². The van der Waals surface area contributed by atoms with Crippen LogP contribution in [0, 0.1) is 0 Å². The van der Waals surface area contributed by atoms with Crippen LogP contribution < -0.4 is 0 Å². The van der Waals surface area contributed by atoms with Gasteiger partial charge < -0.3 is 18.6 Å². The van der Waals surface area contributed by atoms with E-state index < -0.39 is 0 Å². The number of ether oxygens (including phenoxy) is 2. The monoisotopic (exact) mass is 853 g/mol. The molecule has 257 valence electrons. The average Bonchev–Trinajstić information content (AvgIpc) is 3.99. The second-order valence-corrected chi connectivity index (χ2v) is 10.3. The Morgan fingerprint density at radius 2 is 1.21 bits per heavy atom. The zero-order chi connectivity index (χ0) is 34.4. The van der Waals surface area contributed by atoms with Crippen molar-refractivity contribution >= 4 is 9.64 Å². The standard InChI is InChI=1S/C12H18N4.2C10H12N4O.ClH.Os/c1-3-12(16-7-5-14-10-16)8-11(2)15-6-4-13-9-15;2*1-15-7-6-14-8-10(12-13-14)9-4-2-3-5-11-9;;/h4-7,9-12H,3,8H2,1-2H3;2*2-5,8H,6-7H2,1H3;1H;/q;;;;+1/p-1. The van der Waals surface area contributed by atoms with E-state index in [2.05, 4.69) is 73.2 Å². The summed E-state index contributed by atoms with van der Waals surface area (Å²) in [5.41, 5.74) is 3.24. The molecule has 6 aromatic heterocycles. The molecule has 0 aliphatic heterocycles. The molecule has 0 aliphatic carbocycles. The van der Waals surface area contributed by atoms with Gasteiger partial charge in [0.1, 0.15) is 11.4 Å². The molecule has 48 heavy (non-hydrogen) atoms. The first kappa shape index (κ1) is 38.3. The first-order chi connectivity index (χ1) is 23.6. The molecule has 14 nitrogen and oxygen atoms in total. The van der Waals surface area contributed by atoms with Crippen LogP contribution in [0.4, 0.5) is 0 Å². The van der Waals surface area contributed by atoms with Crippen molar-refractivity contribution in [2.24, 2.45) is 0 Å². The third kappa shape index (κ3) is 12.8. The van der Waals surface area contributed by atoms with Gasteiger partial charge in [-0.15, -0.1) is 10.2 Å². The van der Waals surface area contributed by atoms with Crippen molar-refractivity contribution in [2.75, 3.05) is 27.4 Å². The average molecular weight is 852 g/mol. The number of imidazole rings is 2. The topological polar surface area (TPSA) is 141 Å². The predicted molar refractivity (Wildman–Crippen MR) is 179 cm³/mol. The summed E-state index contributed by atoms with van der Waals surface area (Å²) in [5, 5.41) is 16.0. The van der Waals surface area contributed by atoms with Gasteiger partial charge in [-0.25, -0.2) is 19.3 Å². The Hall–Kier alpha value is -4.15. The number of rotatable bonds is 13. The Labute approximate surface area is 295 Å². The fraction of sp³-hybridized carbons (Fsp3) is 0.375. The van der Waals surface area contributed by atoms with Gasteiger partial charge in [0, 0.05) is 63.5 Å². The summed E-state index contributed by atoms with van der Waals surface area (Å²) in [4.78, 5) is 16.6. The number of nitrogens with zero attached hydrogens (tertiary/aromatic N) is 12. The molecule has 2 atom stereocenters. The van der Waals surface area contributed by atoms with Gasteiger partial charge in [0.05, 0.1) is 62.7 Å². The summed E-state index contributed by atoms with van der Waals surface area (Å²) in [5.74, 6) is 0. The first-order valence-electron chi connectivity index (χ1n) is 15.3. The van der Waals surface area contributed by atoms with Crippen molar-refractivity contribution in [3.05, 3.63) is 98.6 Å². The van der Waals surface area contributed by atoms with E-state index >= 15 is 0 Å². The number of hydrogen-bond acceptors (Lipinski definition) is 10. The van der Waals surface area contributed by atoms with Gasteiger partial charge in [-0.05, 0) is 44.0 Å². The molecule has 0 amide bonds. The molecular weight excluding hydrogens is 810 g/mol. The summed E-state index contributed by atoms with van der Waals surface area (Å²) in [6, 6.07) is 12.4. The molecule has 0 aliphatic rings. The van der Waals surface area contributed by atoms with Gasteiger partial charge in [0.2, 0.25) is 0 Å². The van der Waals surface area contributed by atoms with E-state index in [1.54, 1.807) is 36.0 Å². The fourth-order valence-corrected chi connectivity index (χ4v) is 4.48. The fourth-order valence-electron chi connectivity index (χ4n) is 4.48. The van der Waals surface area contributed by atoms with Gasteiger partial charge in [-0.1, -0.05) is 29.5 Å². The van der Waals surface area contributed by atoms with Crippen LogP contribution in [0.3, 0.4) is 0 Å². The first-order valence-corrected chi connectivity index (χ1v) is 18.4. The molecule has 16 heteroatoms. The number of pyridine rings is 2. The summed E-state index contributed by atoms with van der Waals surface area (Å²) in [6.07, 6.45) is 20.9. The zero-order valence-corrected chi connectivity index (χ0v) is 30.8. The summed E-state index contributed by atoms with van der Waals surface area (Å²) in [7, 11) is 7.99. The third-order valence-electron chi connectivity index (χ3n) is 7.05. The Balaban J connectivity index is 0.000000190. The van der Waals surface area contributed by atoms with Crippen LogP contribution in [-0.2, 0) is 40.2 Å². The molecule has 0 fully saturated rings. The molecule has 0 N–H and O–H groups in total. The van der Waals surface area contributed by atoms with Crippen LogP contribution in [-0.4, -0.2) is 86.5 Å². The normalized spacial score (nSPS) is 11.6. The second-order valence-electron chi connectivity index (χ2n) is 10.3. The van der Waals surface area contributed by atoms with E-state index in [1.807, 2.05) is 86.2 Å². The molecule has 2 unspecified atom stereocenters. The van der Waals surface area contributed by atoms with E-state index in [0.717, 1.165) is 35.6 Å². The molecule has 0 saturated heterocycles. The SMILES string of the molecule is CCC(CC(C)n1ccnc1)n1ccnc1.COCCn1cc(-c2ccccn2)nn1.COCCn1cc(-c2ccccn2)nn1.[Cl][Os]. The number of aromatic nitrogens is 12. The van der Waals surface area contributed by atoms with E-state index in [4.69, 9.17) is 9.47 Å². The van der Waals surface area contributed by atoms with Gasteiger partial charge in [0.15, 0.2) is 0 Å². The van der Waals surface area contributed by atoms with E-state index in [0.29, 0.717) is 38.4 Å². The third-order valence-corrected chi connectivity index (χ3v) is 7.05. The number of halogens is 1. The quantitative estimate of drug-likeness (QED) is 0.150. The predicted octanol–water partition coefficient (Wildman–Crippen LogP) is 5.34. The molecule has 0 aromatic carbocycles. The van der Waals surface area contributed by atoms with Crippen molar-refractivity contribution in [3.8, 4) is 22.8 Å². The van der Waals surface area contributed by atoms with Gasteiger partial charge in [0.25, 0.3) is 0 Å². The zero-order valence-electron chi connectivity index (χ0n) is 27.5. The maximum absolute atomic E-state index is 4.96. The number of methoxy groups -OCH3 is 2. The van der Waals surface area contributed by atoms with E-state index in [-0.39, 0.29) is 0 Å². The number of hydrogen-bond donors (Lipinski definition) is 0. The van der Waals surface area contributed by atoms with Gasteiger partial charge in [-0.3, -0.25) is 9.97 Å². The Bertz CT molecular complexity index is 1540. The molecule has 0 spiro atoms. The van der Waals surface area contributed by atoms with Crippen LogP contribution >= 0.6 is 9.64 Å². The summed E-state index contributed by atoms with van der Waals surface area (Å²) < 4.78 is 17.7. The van der Waals surface area contributed by atoms with Crippen molar-refractivity contribution in [1.82, 2.24) is 59.1 Å². The Kier molecular flexibility index (Phi) is 17.9. The molecular formula is C32H42ClN12O2Os. The van der Waals surface area contributed by atoms with E-state index in [9.17, 15) is 0 Å². The second kappa shape index (κ2) is 22.4. The minimum atomic E-state index is 0.467. The molecule has 6 aromatic rings. The maximum atomic E-state index is 4.96. The van der Waals surface area contributed by atoms with Crippen LogP contribution in [0.5, 0.6) is 0 Å². The van der Waals surface area contributed by atoms with Crippen LogP contribution in [0.15, 0.2) is 98.6 Å². The van der Waals surface area contributed by atoms with E-state index in [1.165, 1.54) is 17.6 Å². The molecule has 0 radical (unpaired) electrons. The molecule has 6 rings (SSSR count). The molecule has 6 heterocycles. The van der Waals surface area contributed by atoms with Crippen molar-refractivity contribution in [2.45, 2.75) is 51.9 Å². The molecule has 0 saturated carbocycles. The summed E-state index contributed by atoms with van der Waals surface area (Å²) in [6.45, 7) is 7.11. The van der Waals surface area contributed by atoms with Crippen molar-refractivity contribution in [3.63, 3.8) is 0 Å².